The number of amides is 3. The summed E-state index contributed by atoms with van der Waals surface area (Å²) in [5.74, 6) is -0.0606. The molecule has 3 amide bonds. The zero-order valence-corrected chi connectivity index (χ0v) is 29.5. The highest BCUT2D eigenvalue weighted by Crippen LogP contribution is 2.45. The van der Waals surface area contributed by atoms with Crippen molar-refractivity contribution in [1.29, 1.82) is 0 Å². The first-order valence-corrected chi connectivity index (χ1v) is 18.2. The van der Waals surface area contributed by atoms with Crippen molar-refractivity contribution in [3.8, 4) is 0 Å². The van der Waals surface area contributed by atoms with Crippen LogP contribution in [0.2, 0.25) is 0 Å². The Labute approximate surface area is 294 Å². The average molecular weight is 680 g/mol. The molecule has 264 valence electrons. The summed E-state index contributed by atoms with van der Waals surface area (Å²) < 4.78 is 13.6. The number of likely N-dealkylation sites (tertiary alicyclic amines) is 1. The van der Waals surface area contributed by atoms with Gasteiger partial charge in [-0.2, -0.15) is 0 Å². The molecule has 0 unspecified atom stereocenters. The number of fused-ring (bicyclic) bond motifs is 2. The first-order valence-electron chi connectivity index (χ1n) is 18.2. The van der Waals surface area contributed by atoms with Gasteiger partial charge in [-0.05, 0) is 87.8 Å². The van der Waals surface area contributed by atoms with E-state index in [1.165, 1.54) is 17.7 Å². The summed E-state index contributed by atoms with van der Waals surface area (Å²) in [4.78, 5) is 43.8. The van der Waals surface area contributed by atoms with Crippen molar-refractivity contribution >= 4 is 23.4 Å². The van der Waals surface area contributed by atoms with Gasteiger partial charge in [0.15, 0.2) is 6.29 Å². The Morgan fingerprint density at radius 2 is 1.48 bits per heavy atom. The normalized spacial score (nSPS) is 28.7. The third kappa shape index (κ3) is 6.76. The van der Waals surface area contributed by atoms with Gasteiger partial charge in [0.25, 0.3) is 11.8 Å². The molecule has 0 radical (unpaired) electrons. The Bertz CT molecular complexity index is 1680. The molecule has 3 heterocycles. The van der Waals surface area contributed by atoms with Gasteiger partial charge in [0.1, 0.15) is 0 Å². The number of nitrogens with one attached hydrogen (secondary N) is 1. The lowest BCUT2D eigenvalue weighted by molar-refractivity contribution is -0.278. The summed E-state index contributed by atoms with van der Waals surface area (Å²) in [7, 11) is 0. The maximum absolute atomic E-state index is 13.8. The SMILES string of the molecule is C[C@H]1[C@@H](CN2[C@@H](C(=O)NC(C)(C)C)CC[C@H]3CCCC[C@H]32)O[C@@H](c2ccc(N3C(=O)c4ccccc4C3=O)cc2)O[C@H]1c1ccc(CO)cc1. The fraction of sp³-hybridized carbons (Fsp3) is 0.488. The lowest BCUT2D eigenvalue weighted by Crippen LogP contribution is -2.61. The Hall–Kier alpha value is -3.89. The minimum absolute atomic E-state index is 0.0370. The molecule has 4 aliphatic rings. The molecule has 7 rings (SSSR count). The van der Waals surface area contributed by atoms with Crippen molar-refractivity contribution in [2.24, 2.45) is 11.8 Å². The molecule has 3 fully saturated rings. The summed E-state index contributed by atoms with van der Waals surface area (Å²) >= 11 is 0. The van der Waals surface area contributed by atoms with Crippen LogP contribution in [0.4, 0.5) is 5.69 Å². The van der Waals surface area contributed by atoms with Crippen LogP contribution in [0.3, 0.4) is 0 Å². The number of carbonyl (C=O) groups excluding carboxylic acids is 3. The number of ether oxygens (including phenoxy) is 2. The van der Waals surface area contributed by atoms with Gasteiger partial charge in [0.2, 0.25) is 5.91 Å². The first-order chi connectivity index (χ1) is 24.0. The molecule has 9 heteroatoms. The van der Waals surface area contributed by atoms with Crippen LogP contribution in [0, 0.1) is 11.8 Å². The quantitative estimate of drug-likeness (QED) is 0.268. The maximum atomic E-state index is 13.8. The monoisotopic (exact) mass is 679 g/mol. The molecule has 3 aliphatic heterocycles. The number of rotatable bonds is 7. The van der Waals surface area contributed by atoms with Crippen LogP contribution in [0.5, 0.6) is 0 Å². The number of imide groups is 1. The number of benzene rings is 3. The first kappa shape index (κ1) is 34.6. The number of aliphatic hydroxyl groups excluding tert-OH is 1. The molecule has 3 aromatic carbocycles. The van der Waals surface area contributed by atoms with E-state index in [9.17, 15) is 19.5 Å². The Kier molecular flexibility index (Phi) is 9.69. The lowest BCUT2D eigenvalue weighted by Gasteiger charge is -2.51. The van der Waals surface area contributed by atoms with E-state index < -0.39 is 6.29 Å². The summed E-state index contributed by atoms with van der Waals surface area (Å²) in [6.07, 6.45) is 5.29. The van der Waals surface area contributed by atoms with Crippen LogP contribution in [0.1, 0.15) is 116 Å². The highest BCUT2D eigenvalue weighted by molar-refractivity contribution is 6.34. The summed E-state index contributed by atoms with van der Waals surface area (Å²) in [5, 5.41) is 13.0. The topological polar surface area (TPSA) is 108 Å². The third-order valence-electron chi connectivity index (χ3n) is 11.0. The van der Waals surface area contributed by atoms with Crippen molar-refractivity contribution in [2.75, 3.05) is 11.4 Å². The van der Waals surface area contributed by atoms with Crippen LogP contribution >= 0.6 is 0 Å². The van der Waals surface area contributed by atoms with Gasteiger partial charge in [-0.3, -0.25) is 19.3 Å². The predicted molar refractivity (Wildman–Crippen MR) is 190 cm³/mol. The second-order valence-electron chi connectivity index (χ2n) is 15.5. The van der Waals surface area contributed by atoms with Crippen LogP contribution in [-0.2, 0) is 20.9 Å². The van der Waals surface area contributed by atoms with Crippen molar-refractivity contribution in [3.05, 3.63) is 101 Å². The number of hydrogen-bond acceptors (Lipinski definition) is 7. The smallest absolute Gasteiger partial charge is 0.266 e. The number of piperidine rings is 1. The molecule has 50 heavy (non-hydrogen) atoms. The van der Waals surface area contributed by atoms with Crippen LogP contribution in [0.15, 0.2) is 72.8 Å². The molecule has 1 saturated carbocycles. The molecule has 1 aliphatic carbocycles. The van der Waals surface area contributed by atoms with Crippen molar-refractivity contribution in [3.63, 3.8) is 0 Å². The molecular formula is C41H49N3O6. The number of nitrogens with zero attached hydrogens (tertiary/aromatic N) is 2. The van der Waals surface area contributed by atoms with E-state index >= 15 is 0 Å². The van der Waals surface area contributed by atoms with Crippen molar-refractivity contribution in [2.45, 2.75) is 109 Å². The number of hydrogen-bond donors (Lipinski definition) is 2. The van der Waals surface area contributed by atoms with Crippen molar-refractivity contribution < 1.29 is 29.0 Å². The van der Waals surface area contributed by atoms with Gasteiger partial charge in [-0.15, -0.1) is 0 Å². The van der Waals surface area contributed by atoms with E-state index in [1.54, 1.807) is 36.4 Å². The Balaban J connectivity index is 1.19. The van der Waals surface area contributed by atoms with E-state index in [2.05, 4.69) is 17.1 Å². The molecule has 0 aromatic heterocycles. The highest BCUT2D eigenvalue weighted by atomic mass is 16.7. The average Bonchev–Trinajstić information content (AvgIpc) is 3.37. The van der Waals surface area contributed by atoms with Crippen LogP contribution < -0.4 is 10.2 Å². The molecule has 9 nitrogen and oxygen atoms in total. The predicted octanol–water partition coefficient (Wildman–Crippen LogP) is 6.71. The summed E-state index contributed by atoms with van der Waals surface area (Å²) in [5.41, 5.74) is 3.56. The molecule has 7 atom stereocenters. The van der Waals surface area contributed by atoms with E-state index in [-0.39, 0.29) is 54.0 Å². The molecule has 2 N–H and O–H groups in total. The van der Waals surface area contributed by atoms with E-state index in [0.717, 1.165) is 42.4 Å². The largest absolute Gasteiger partial charge is 0.392 e. The van der Waals surface area contributed by atoms with E-state index in [4.69, 9.17) is 9.47 Å². The van der Waals surface area contributed by atoms with Gasteiger partial charge < -0.3 is 19.9 Å². The fourth-order valence-electron chi connectivity index (χ4n) is 8.47. The fourth-order valence-corrected chi connectivity index (χ4v) is 8.47. The second kappa shape index (κ2) is 14.0. The second-order valence-corrected chi connectivity index (χ2v) is 15.5. The van der Waals surface area contributed by atoms with Crippen LogP contribution in [-0.4, -0.2) is 58.0 Å². The van der Waals surface area contributed by atoms with E-state index in [0.29, 0.717) is 35.3 Å². The van der Waals surface area contributed by atoms with Gasteiger partial charge in [0, 0.05) is 29.6 Å². The molecular weight excluding hydrogens is 630 g/mol. The van der Waals surface area contributed by atoms with Gasteiger partial charge in [0.05, 0.1) is 41.7 Å². The van der Waals surface area contributed by atoms with Crippen LogP contribution in [0.25, 0.3) is 0 Å². The van der Waals surface area contributed by atoms with E-state index in [1.807, 2.05) is 57.2 Å². The summed E-state index contributed by atoms with van der Waals surface area (Å²) in [6.45, 7) is 8.81. The maximum Gasteiger partial charge on any atom is 0.266 e. The number of anilines is 1. The van der Waals surface area contributed by atoms with Crippen molar-refractivity contribution in [1.82, 2.24) is 10.2 Å². The van der Waals surface area contributed by atoms with Gasteiger partial charge in [-0.25, -0.2) is 4.90 Å². The number of carbonyl (C=O) groups is 3. The van der Waals surface area contributed by atoms with Gasteiger partial charge >= 0.3 is 0 Å². The lowest BCUT2D eigenvalue weighted by atomic mass is 9.75. The zero-order chi connectivity index (χ0) is 35.2. The van der Waals surface area contributed by atoms with Gasteiger partial charge in [-0.1, -0.05) is 68.3 Å². The standard InChI is InChI=1S/C41H49N3O6/c1-25-35(23-43-33-12-8-5-9-27(33)19-22-34(43)37(46)42-41(2,3)4)49-40(50-36(25)28-15-13-26(24-45)14-16-28)29-17-20-30(21-18-29)44-38(47)31-10-6-7-11-32(31)39(44)48/h6-7,10-11,13-18,20-21,25,27,33-36,40,45H,5,8-9,12,19,22-24H2,1-4H3,(H,42,46)/t25-,27+,33+,34+,35+,36+,40+/m0/s1. The minimum Gasteiger partial charge on any atom is -0.392 e. The third-order valence-corrected chi connectivity index (χ3v) is 11.0. The highest BCUT2D eigenvalue weighted by Gasteiger charge is 2.46. The zero-order valence-electron chi connectivity index (χ0n) is 29.5. The molecule has 0 spiro atoms. The minimum atomic E-state index is -0.719. The number of aliphatic hydroxyl groups is 1. The molecule has 0 bridgehead atoms. The Morgan fingerprint density at radius 3 is 2.12 bits per heavy atom. The Morgan fingerprint density at radius 1 is 0.840 bits per heavy atom. The molecule has 3 aromatic rings. The summed E-state index contributed by atoms with van der Waals surface area (Å²) in [6, 6.07) is 22.1. The molecule has 2 saturated heterocycles.